The molecule has 0 saturated heterocycles. The molecule has 0 spiro atoms. The number of halogens is 2. The number of nitrogens with one attached hydrogen (secondary N) is 1. The molecule has 0 aliphatic heterocycles. The number of hydrogen-bond donors (Lipinski definition) is 1. The fourth-order valence-electron chi connectivity index (χ4n) is 2.35. The van der Waals surface area contributed by atoms with Crippen molar-refractivity contribution < 1.29 is 32.9 Å². The molecule has 0 fully saturated rings. The van der Waals surface area contributed by atoms with E-state index in [0.29, 0.717) is 22.8 Å². The number of amides is 1. The minimum atomic E-state index is -0.961. The highest BCUT2D eigenvalue weighted by Crippen LogP contribution is 2.38. The van der Waals surface area contributed by atoms with E-state index in [1.54, 1.807) is 12.1 Å². The molecule has 0 radical (unpaired) electrons. The first-order valence-corrected chi connectivity index (χ1v) is 8.45. The van der Waals surface area contributed by atoms with Crippen molar-refractivity contribution in [1.29, 1.82) is 0 Å². The van der Waals surface area contributed by atoms with Crippen LogP contribution in [0, 0.1) is 5.82 Å². The number of methoxy groups -OCH3 is 3. The highest BCUT2D eigenvalue weighted by molar-refractivity contribution is 6.30. The van der Waals surface area contributed by atoms with Crippen LogP contribution in [0.4, 0.5) is 4.39 Å². The van der Waals surface area contributed by atoms with E-state index in [9.17, 15) is 14.0 Å². The van der Waals surface area contributed by atoms with E-state index in [1.165, 1.54) is 33.5 Å². The van der Waals surface area contributed by atoms with Crippen molar-refractivity contribution in [2.45, 2.75) is 6.54 Å². The second-order valence-corrected chi connectivity index (χ2v) is 5.95. The number of rotatable bonds is 8. The normalized spacial score (nSPS) is 10.2. The van der Waals surface area contributed by atoms with Crippen molar-refractivity contribution in [2.24, 2.45) is 0 Å². The Hall–Kier alpha value is -3.00. The maximum atomic E-state index is 13.7. The Kier molecular flexibility index (Phi) is 7.45. The minimum Gasteiger partial charge on any atom is -0.493 e. The van der Waals surface area contributed by atoms with Crippen LogP contribution < -0.4 is 19.5 Å². The molecule has 0 bridgehead atoms. The maximum absolute atomic E-state index is 13.7. The number of carbonyl (C=O) groups is 2. The molecule has 2 rings (SSSR count). The number of benzene rings is 2. The molecule has 0 heterocycles. The summed E-state index contributed by atoms with van der Waals surface area (Å²) in [5, 5.41) is 2.74. The van der Waals surface area contributed by atoms with Gasteiger partial charge in [0.1, 0.15) is 5.82 Å². The number of ether oxygens (including phenoxy) is 4. The van der Waals surface area contributed by atoms with Crippen molar-refractivity contribution >= 4 is 23.5 Å². The molecule has 150 valence electrons. The largest absolute Gasteiger partial charge is 0.493 e. The van der Waals surface area contributed by atoms with E-state index in [2.05, 4.69) is 5.32 Å². The zero-order valence-electron chi connectivity index (χ0n) is 15.5. The fourth-order valence-corrected chi connectivity index (χ4v) is 2.51. The minimum absolute atomic E-state index is 0.127. The smallest absolute Gasteiger partial charge is 0.341 e. The lowest BCUT2D eigenvalue weighted by Gasteiger charge is -2.14. The Bertz CT molecular complexity index is 848. The Balaban J connectivity index is 1.94. The number of carbonyl (C=O) groups excluding carboxylic acids is 2. The quantitative estimate of drug-likeness (QED) is 0.672. The van der Waals surface area contributed by atoms with Crippen LogP contribution in [-0.4, -0.2) is 39.8 Å². The van der Waals surface area contributed by atoms with Gasteiger partial charge in [0.15, 0.2) is 18.1 Å². The van der Waals surface area contributed by atoms with Gasteiger partial charge in [-0.25, -0.2) is 9.18 Å². The number of esters is 1. The molecular formula is C19H19ClFNO6. The van der Waals surface area contributed by atoms with Gasteiger partial charge in [-0.15, -0.1) is 0 Å². The molecule has 9 heteroatoms. The first-order valence-electron chi connectivity index (χ1n) is 8.07. The summed E-state index contributed by atoms with van der Waals surface area (Å²) in [6.07, 6.45) is 0. The molecule has 2 aromatic rings. The first-order chi connectivity index (χ1) is 13.4. The third-order valence-corrected chi connectivity index (χ3v) is 3.93. The van der Waals surface area contributed by atoms with Gasteiger partial charge >= 0.3 is 5.97 Å². The van der Waals surface area contributed by atoms with Crippen LogP contribution >= 0.6 is 11.6 Å². The molecular weight excluding hydrogens is 393 g/mol. The molecule has 0 saturated carbocycles. The third kappa shape index (κ3) is 5.26. The van der Waals surface area contributed by atoms with E-state index in [-0.39, 0.29) is 17.1 Å². The van der Waals surface area contributed by atoms with Gasteiger partial charge in [-0.1, -0.05) is 11.6 Å². The van der Waals surface area contributed by atoms with Gasteiger partial charge in [-0.3, -0.25) is 4.79 Å². The second-order valence-electron chi connectivity index (χ2n) is 5.51. The first kappa shape index (κ1) is 21.3. The molecule has 0 aliphatic rings. The predicted molar refractivity (Wildman–Crippen MR) is 99.6 cm³/mol. The molecule has 0 aliphatic carbocycles. The average Bonchev–Trinajstić information content (AvgIpc) is 2.69. The fraction of sp³-hybridized carbons (Fsp3) is 0.263. The van der Waals surface area contributed by atoms with E-state index < -0.39 is 24.3 Å². The lowest BCUT2D eigenvalue weighted by Crippen LogP contribution is -2.28. The highest BCUT2D eigenvalue weighted by Gasteiger charge is 2.16. The maximum Gasteiger partial charge on any atom is 0.341 e. The lowest BCUT2D eigenvalue weighted by molar-refractivity contribution is -0.124. The summed E-state index contributed by atoms with van der Waals surface area (Å²) >= 11 is 5.63. The summed E-state index contributed by atoms with van der Waals surface area (Å²) in [7, 11) is 4.45. The van der Waals surface area contributed by atoms with Gasteiger partial charge in [0.2, 0.25) is 5.75 Å². The molecule has 2 aromatic carbocycles. The molecule has 0 atom stereocenters. The standard InChI is InChI=1S/C19H19ClFNO6/c1-25-15-6-11(7-16(26-2)18(15)27-3)9-22-17(23)10-28-19(24)13-5-4-12(20)8-14(13)21/h4-8H,9-10H2,1-3H3,(H,22,23). The second kappa shape index (κ2) is 9.80. The predicted octanol–water partition coefficient (Wildman–Crippen LogP) is 2.98. The Morgan fingerprint density at radius 3 is 2.21 bits per heavy atom. The molecule has 28 heavy (non-hydrogen) atoms. The Morgan fingerprint density at radius 2 is 1.68 bits per heavy atom. The number of hydrogen-bond acceptors (Lipinski definition) is 6. The Morgan fingerprint density at radius 1 is 1.04 bits per heavy atom. The Labute approximate surface area is 166 Å². The SMILES string of the molecule is COc1cc(CNC(=O)COC(=O)c2ccc(Cl)cc2F)cc(OC)c1OC. The van der Waals surface area contributed by atoms with Crippen molar-refractivity contribution in [3.8, 4) is 17.2 Å². The van der Waals surface area contributed by atoms with Crippen LogP contribution in [0.5, 0.6) is 17.2 Å². The van der Waals surface area contributed by atoms with E-state index in [0.717, 1.165) is 6.07 Å². The van der Waals surface area contributed by atoms with Crippen molar-refractivity contribution in [1.82, 2.24) is 5.32 Å². The highest BCUT2D eigenvalue weighted by atomic mass is 35.5. The van der Waals surface area contributed by atoms with Crippen LogP contribution in [0.3, 0.4) is 0 Å². The van der Waals surface area contributed by atoms with Crippen LogP contribution in [-0.2, 0) is 16.1 Å². The van der Waals surface area contributed by atoms with Gasteiger partial charge in [0, 0.05) is 11.6 Å². The summed E-state index contributed by atoms with van der Waals surface area (Å²) in [6.45, 7) is -0.437. The van der Waals surface area contributed by atoms with E-state index >= 15 is 0 Å². The van der Waals surface area contributed by atoms with Gasteiger partial charge in [-0.2, -0.15) is 0 Å². The monoisotopic (exact) mass is 411 g/mol. The van der Waals surface area contributed by atoms with Gasteiger partial charge < -0.3 is 24.3 Å². The summed E-state index contributed by atoms with van der Waals surface area (Å²) < 4.78 is 34.2. The summed E-state index contributed by atoms with van der Waals surface area (Å²) in [5.41, 5.74) is 0.375. The zero-order chi connectivity index (χ0) is 20.7. The van der Waals surface area contributed by atoms with Gasteiger partial charge in [0.25, 0.3) is 5.91 Å². The third-order valence-electron chi connectivity index (χ3n) is 3.70. The van der Waals surface area contributed by atoms with Crippen LogP contribution in [0.1, 0.15) is 15.9 Å². The lowest BCUT2D eigenvalue weighted by atomic mass is 10.1. The van der Waals surface area contributed by atoms with Crippen molar-refractivity contribution in [3.63, 3.8) is 0 Å². The van der Waals surface area contributed by atoms with E-state index in [1.807, 2.05) is 0 Å². The van der Waals surface area contributed by atoms with Gasteiger partial charge in [-0.05, 0) is 35.9 Å². The van der Waals surface area contributed by atoms with E-state index in [4.69, 9.17) is 30.5 Å². The topological polar surface area (TPSA) is 83.1 Å². The van der Waals surface area contributed by atoms with Crippen molar-refractivity contribution in [3.05, 3.63) is 52.3 Å². The molecule has 0 unspecified atom stereocenters. The van der Waals surface area contributed by atoms with Crippen LogP contribution in [0.25, 0.3) is 0 Å². The van der Waals surface area contributed by atoms with Crippen LogP contribution in [0.15, 0.2) is 30.3 Å². The molecule has 1 amide bonds. The van der Waals surface area contributed by atoms with Gasteiger partial charge in [0.05, 0.1) is 26.9 Å². The molecule has 0 aromatic heterocycles. The van der Waals surface area contributed by atoms with Crippen molar-refractivity contribution in [2.75, 3.05) is 27.9 Å². The zero-order valence-corrected chi connectivity index (χ0v) is 16.3. The summed E-state index contributed by atoms with van der Waals surface area (Å²) in [6, 6.07) is 6.88. The average molecular weight is 412 g/mol. The molecule has 1 N–H and O–H groups in total. The summed E-state index contributed by atoms with van der Waals surface area (Å²) in [5.74, 6) is -1.03. The summed E-state index contributed by atoms with van der Waals surface area (Å²) in [4.78, 5) is 23.8. The van der Waals surface area contributed by atoms with Crippen LogP contribution in [0.2, 0.25) is 5.02 Å². The molecule has 7 nitrogen and oxygen atoms in total.